The van der Waals surface area contributed by atoms with E-state index < -0.39 is 40.9 Å². The first kappa shape index (κ1) is 11.8. The number of carbonyl (C=O) groups is 1. The Morgan fingerprint density at radius 2 is 1.24 bits per heavy atom. The van der Waals surface area contributed by atoms with Gasteiger partial charge in [0.05, 0.1) is 0 Å². The molecule has 1 aromatic rings. The molecule has 92 valence electrons. The molecule has 0 atom stereocenters. The molecule has 0 N–H and O–H groups in total. The van der Waals surface area contributed by atoms with Crippen LogP contribution in [0, 0.1) is 29.1 Å². The quantitative estimate of drug-likeness (QED) is 0.459. The van der Waals surface area contributed by atoms with E-state index in [4.69, 9.17) is 0 Å². The predicted molar refractivity (Wildman–Crippen MR) is 44.9 cm³/mol. The highest BCUT2D eigenvalue weighted by Gasteiger charge is 2.33. The number of hydrogen-bond donors (Lipinski definition) is 0. The highest BCUT2D eigenvalue weighted by molar-refractivity contribution is 5.85. The second-order valence-corrected chi connectivity index (χ2v) is 3.59. The summed E-state index contributed by atoms with van der Waals surface area (Å²) >= 11 is 0. The molecule has 0 radical (unpaired) electrons. The van der Waals surface area contributed by atoms with Crippen molar-refractivity contribution in [1.82, 2.24) is 0 Å². The highest BCUT2D eigenvalue weighted by atomic mass is 19.2. The molecule has 0 amide bonds. The molecule has 0 bridgehead atoms. The van der Waals surface area contributed by atoms with Gasteiger partial charge in [-0.25, -0.2) is 13.2 Å². The fourth-order valence-corrected chi connectivity index (χ4v) is 1.39. The molecule has 1 fully saturated rings. The lowest BCUT2D eigenvalue weighted by atomic mass is 9.94. The molecule has 1 saturated carbocycles. The molecule has 7 heteroatoms. The third kappa shape index (κ3) is 1.85. The average Bonchev–Trinajstić information content (AvgIpc) is 2.27. The molecular weight excluding hydrogens is 247 g/mol. The average molecular weight is 252 g/mol. The molecule has 17 heavy (non-hydrogen) atoms. The first-order valence-electron chi connectivity index (χ1n) is 4.61. The first-order chi connectivity index (χ1) is 7.91. The monoisotopic (exact) mass is 252 g/mol. The molecule has 2 rings (SSSR count). The lowest BCUT2D eigenvalue weighted by Gasteiger charge is -2.25. The Hall–Kier alpha value is -1.66. The van der Waals surface area contributed by atoms with E-state index in [9.17, 15) is 26.7 Å². The van der Waals surface area contributed by atoms with E-state index in [-0.39, 0.29) is 18.6 Å². The molecule has 0 unspecified atom stereocenters. The molecule has 1 aromatic carbocycles. The summed E-state index contributed by atoms with van der Waals surface area (Å²) in [6.07, 6.45) is -1.03. The minimum absolute atomic E-state index is 0.0977. The van der Waals surface area contributed by atoms with Crippen LogP contribution in [0.3, 0.4) is 0 Å². The van der Waals surface area contributed by atoms with Gasteiger partial charge in [-0.2, -0.15) is 8.78 Å². The van der Waals surface area contributed by atoms with E-state index in [1.54, 1.807) is 0 Å². The minimum Gasteiger partial charge on any atom is -0.483 e. The summed E-state index contributed by atoms with van der Waals surface area (Å²) in [4.78, 5) is 10.6. The molecule has 0 spiro atoms. The van der Waals surface area contributed by atoms with Crippen LogP contribution in [0.25, 0.3) is 0 Å². The normalized spacial score (nSPS) is 15.9. The van der Waals surface area contributed by atoms with Crippen molar-refractivity contribution in [2.24, 2.45) is 0 Å². The van der Waals surface area contributed by atoms with Gasteiger partial charge in [0.2, 0.25) is 29.1 Å². The second kappa shape index (κ2) is 3.97. The van der Waals surface area contributed by atoms with Crippen LogP contribution in [0.1, 0.15) is 12.8 Å². The van der Waals surface area contributed by atoms with Gasteiger partial charge in [0.25, 0.3) is 0 Å². The molecule has 0 aromatic heterocycles. The van der Waals surface area contributed by atoms with Crippen LogP contribution >= 0.6 is 0 Å². The number of Topliss-reactive ketones (excluding diaryl/α,β-unsaturated/α-hetero) is 1. The Morgan fingerprint density at radius 1 is 0.824 bits per heavy atom. The van der Waals surface area contributed by atoms with E-state index in [1.807, 2.05) is 0 Å². The summed E-state index contributed by atoms with van der Waals surface area (Å²) in [7, 11) is 0. The number of carbonyl (C=O) groups excluding carboxylic acids is 1. The van der Waals surface area contributed by atoms with Gasteiger partial charge in [0.15, 0.2) is 5.75 Å². The number of ether oxygens (including phenoxy) is 1. The van der Waals surface area contributed by atoms with E-state index in [2.05, 4.69) is 4.74 Å². The SMILES string of the molecule is O=C1CC(Oc2c(F)c(F)c(F)c(F)c2F)C1. The number of halogens is 5. The summed E-state index contributed by atoms with van der Waals surface area (Å²) in [5.41, 5.74) is 0. The fourth-order valence-electron chi connectivity index (χ4n) is 1.39. The number of ketones is 1. The van der Waals surface area contributed by atoms with Crippen molar-refractivity contribution in [3.63, 3.8) is 0 Å². The summed E-state index contributed by atoms with van der Waals surface area (Å²) in [6, 6.07) is 0. The van der Waals surface area contributed by atoms with Gasteiger partial charge in [-0.1, -0.05) is 0 Å². The Kier molecular flexibility index (Phi) is 2.76. The van der Waals surface area contributed by atoms with Crippen LogP contribution in [0.5, 0.6) is 5.75 Å². The van der Waals surface area contributed by atoms with Gasteiger partial charge in [-0.3, -0.25) is 4.79 Å². The van der Waals surface area contributed by atoms with Crippen LogP contribution in [-0.4, -0.2) is 11.9 Å². The standard InChI is InChI=1S/C10H5F5O2/c11-5-6(12)8(14)10(9(15)7(5)13)17-4-1-3(16)2-4/h4H,1-2H2. The lowest BCUT2D eigenvalue weighted by molar-refractivity contribution is -0.129. The maximum absolute atomic E-state index is 13.1. The van der Waals surface area contributed by atoms with E-state index in [1.165, 1.54) is 0 Å². The van der Waals surface area contributed by atoms with Crippen molar-refractivity contribution in [3.05, 3.63) is 29.1 Å². The summed E-state index contributed by atoms with van der Waals surface area (Å²) < 4.78 is 68.9. The molecule has 2 nitrogen and oxygen atoms in total. The van der Waals surface area contributed by atoms with E-state index in [0.717, 1.165) is 0 Å². The third-order valence-electron chi connectivity index (χ3n) is 2.36. The predicted octanol–water partition coefficient (Wildman–Crippen LogP) is 2.49. The van der Waals surface area contributed by atoms with Crippen LogP contribution in [-0.2, 0) is 4.79 Å². The van der Waals surface area contributed by atoms with Crippen LogP contribution < -0.4 is 4.74 Å². The smallest absolute Gasteiger partial charge is 0.207 e. The molecule has 0 heterocycles. The fraction of sp³-hybridized carbons (Fsp3) is 0.300. The Labute approximate surface area is 92.0 Å². The number of benzene rings is 1. The Bertz CT molecular complexity index is 463. The molecule has 0 aliphatic heterocycles. The van der Waals surface area contributed by atoms with E-state index in [0.29, 0.717) is 0 Å². The topological polar surface area (TPSA) is 26.3 Å². The summed E-state index contributed by atoms with van der Waals surface area (Å²) in [5, 5.41) is 0. The van der Waals surface area contributed by atoms with Gasteiger partial charge >= 0.3 is 0 Å². The van der Waals surface area contributed by atoms with Crippen molar-refractivity contribution in [1.29, 1.82) is 0 Å². The van der Waals surface area contributed by atoms with Gasteiger partial charge in [-0.15, -0.1) is 0 Å². The first-order valence-corrected chi connectivity index (χ1v) is 4.61. The lowest BCUT2D eigenvalue weighted by Crippen LogP contribution is -2.34. The van der Waals surface area contributed by atoms with Crippen molar-refractivity contribution >= 4 is 5.78 Å². The Morgan fingerprint density at radius 3 is 1.65 bits per heavy atom. The van der Waals surface area contributed by atoms with Crippen molar-refractivity contribution in [2.45, 2.75) is 18.9 Å². The third-order valence-corrected chi connectivity index (χ3v) is 2.36. The second-order valence-electron chi connectivity index (χ2n) is 3.59. The van der Waals surface area contributed by atoms with Crippen molar-refractivity contribution < 1.29 is 31.5 Å². The number of hydrogen-bond acceptors (Lipinski definition) is 2. The van der Waals surface area contributed by atoms with Gasteiger partial charge < -0.3 is 4.74 Å². The summed E-state index contributed by atoms with van der Waals surface area (Å²) in [5.74, 6) is -12.0. The largest absolute Gasteiger partial charge is 0.483 e. The van der Waals surface area contributed by atoms with E-state index >= 15 is 0 Å². The molecule has 1 aliphatic rings. The zero-order valence-electron chi connectivity index (χ0n) is 8.20. The van der Waals surface area contributed by atoms with Gasteiger partial charge in [0.1, 0.15) is 11.9 Å². The molecule has 0 saturated heterocycles. The zero-order valence-corrected chi connectivity index (χ0v) is 8.20. The van der Waals surface area contributed by atoms with Gasteiger partial charge in [0, 0.05) is 12.8 Å². The maximum atomic E-state index is 13.1. The zero-order chi connectivity index (χ0) is 12.7. The van der Waals surface area contributed by atoms with Crippen molar-refractivity contribution in [3.8, 4) is 5.75 Å². The number of rotatable bonds is 2. The van der Waals surface area contributed by atoms with Crippen LogP contribution in [0.15, 0.2) is 0 Å². The highest BCUT2D eigenvalue weighted by Crippen LogP contribution is 2.32. The molecule has 1 aliphatic carbocycles. The van der Waals surface area contributed by atoms with Crippen molar-refractivity contribution in [2.75, 3.05) is 0 Å². The maximum Gasteiger partial charge on any atom is 0.207 e. The van der Waals surface area contributed by atoms with Gasteiger partial charge in [-0.05, 0) is 0 Å². The minimum atomic E-state index is -2.24. The molecular formula is C10H5F5O2. The van der Waals surface area contributed by atoms with Crippen LogP contribution in [0.2, 0.25) is 0 Å². The van der Waals surface area contributed by atoms with Crippen LogP contribution in [0.4, 0.5) is 22.0 Å². The Balaban J connectivity index is 2.36. The summed E-state index contributed by atoms with van der Waals surface area (Å²) in [6.45, 7) is 0.